The van der Waals surface area contributed by atoms with Gasteiger partial charge in [-0.15, -0.1) is 0 Å². The molecule has 1 aromatic carbocycles. The van der Waals surface area contributed by atoms with Crippen molar-refractivity contribution < 1.29 is 23.1 Å². The van der Waals surface area contributed by atoms with E-state index in [-0.39, 0.29) is 23.7 Å². The molecule has 1 aromatic rings. The largest absolute Gasteiger partial charge is 0.463 e. The zero-order valence-corrected chi connectivity index (χ0v) is 9.92. The van der Waals surface area contributed by atoms with Crippen LogP contribution < -0.4 is 10.6 Å². The maximum atomic E-state index is 13.1. The van der Waals surface area contributed by atoms with E-state index in [1.165, 1.54) is 0 Å². The van der Waals surface area contributed by atoms with E-state index in [9.17, 15) is 18.4 Å². The third kappa shape index (κ3) is 2.70. The minimum Gasteiger partial charge on any atom is -0.463 e. The second-order valence-corrected chi connectivity index (χ2v) is 3.70. The van der Waals surface area contributed by atoms with Crippen LogP contribution in [0.3, 0.4) is 0 Å². The zero-order valence-electron chi connectivity index (χ0n) is 9.92. The van der Waals surface area contributed by atoms with Gasteiger partial charge < -0.3 is 15.4 Å². The Hall–Kier alpha value is -2.44. The quantitative estimate of drug-likeness (QED) is 0.633. The molecule has 100 valence electrons. The number of amides is 1. The molecule has 0 unspecified atom stereocenters. The van der Waals surface area contributed by atoms with Crippen LogP contribution in [0.25, 0.3) is 0 Å². The summed E-state index contributed by atoms with van der Waals surface area (Å²) in [6.45, 7) is 1.79. The second kappa shape index (κ2) is 5.05. The Morgan fingerprint density at radius 2 is 1.84 bits per heavy atom. The summed E-state index contributed by atoms with van der Waals surface area (Å²) >= 11 is 0. The number of esters is 1. The van der Waals surface area contributed by atoms with Crippen molar-refractivity contribution in [2.45, 2.75) is 6.92 Å². The molecule has 0 bridgehead atoms. The van der Waals surface area contributed by atoms with Gasteiger partial charge in [0.15, 0.2) is 11.6 Å². The van der Waals surface area contributed by atoms with Gasteiger partial charge in [0, 0.05) is 12.1 Å². The number of benzene rings is 1. The van der Waals surface area contributed by atoms with Crippen LogP contribution in [-0.4, -0.2) is 18.5 Å². The maximum Gasteiger partial charge on any atom is 0.333 e. The standard InChI is InChI=1S/C12H10F2N2O3/c1-2-19-11(17)5-10-12(18)16-9-4-7(14)6(13)3-8(9)15-10/h3-5,15H,2H2,1H3,(H,16,18)/b10-5-. The van der Waals surface area contributed by atoms with Crippen molar-refractivity contribution in [1.82, 2.24) is 0 Å². The van der Waals surface area contributed by atoms with E-state index in [2.05, 4.69) is 15.4 Å². The van der Waals surface area contributed by atoms with Crippen LogP contribution in [0.2, 0.25) is 0 Å². The Morgan fingerprint density at radius 3 is 2.42 bits per heavy atom. The van der Waals surface area contributed by atoms with Gasteiger partial charge in [0.05, 0.1) is 24.1 Å². The summed E-state index contributed by atoms with van der Waals surface area (Å²) in [5.41, 5.74) is 0.163. The Morgan fingerprint density at radius 1 is 1.26 bits per heavy atom. The normalized spacial score (nSPS) is 15.5. The molecule has 1 amide bonds. The van der Waals surface area contributed by atoms with Gasteiger partial charge in [0.25, 0.3) is 5.91 Å². The van der Waals surface area contributed by atoms with Crippen LogP contribution in [0.1, 0.15) is 6.92 Å². The Bertz CT molecular complexity index is 585. The van der Waals surface area contributed by atoms with Crippen LogP contribution in [0.15, 0.2) is 23.9 Å². The highest BCUT2D eigenvalue weighted by Gasteiger charge is 2.22. The molecule has 5 nitrogen and oxygen atoms in total. The molecule has 19 heavy (non-hydrogen) atoms. The lowest BCUT2D eigenvalue weighted by Gasteiger charge is -2.21. The van der Waals surface area contributed by atoms with Crippen molar-refractivity contribution in [3.05, 3.63) is 35.5 Å². The van der Waals surface area contributed by atoms with Gasteiger partial charge in [-0.3, -0.25) is 4.79 Å². The van der Waals surface area contributed by atoms with Gasteiger partial charge in [-0.1, -0.05) is 0 Å². The van der Waals surface area contributed by atoms with E-state index in [0.717, 1.165) is 18.2 Å². The highest BCUT2D eigenvalue weighted by molar-refractivity contribution is 6.13. The Balaban J connectivity index is 2.31. The molecule has 0 aliphatic carbocycles. The van der Waals surface area contributed by atoms with E-state index in [4.69, 9.17) is 0 Å². The molecule has 0 saturated carbocycles. The number of hydrogen-bond acceptors (Lipinski definition) is 4. The van der Waals surface area contributed by atoms with Crippen LogP contribution in [0, 0.1) is 11.6 Å². The third-order valence-electron chi connectivity index (χ3n) is 2.37. The van der Waals surface area contributed by atoms with Crippen molar-refractivity contribution in [3.63, 3.8) is 0 Å². The first-order chi connectivity index (χ1) is 9.01. The van der Waals surface area contributed by atoms with E-state index >= 15 is 0 Å². The molecular formula is C12H10F2N2O3. The molecule has 0 radical (unpaired) electrons. The predicted molar refractivity (Wildman–Crippen MR) is 63.3 cm³/mol. The second-order valence-electron chi connectivity index (χ2n) is 3.70. The molecule has 1 aliphatic rings. The van der Waals surface area contributed by atoms with Crippen LogP contribution in [0.5, 0.6) is 0 Å². The average Bonchev–Trinajstić information content (AvgIpc) is 2.33. The Labute approximate surface area is 107 Å². The number of fused-ring (bicyclic) bond motifs is 1. The number of rotatable bonds is 2. The molecule has 0 spiro atoms. The summed E-state index contributed by atoms with van der Waals surface area (Å²) in [5.74, 6) is -3.46. The van der Waals surface area contributed by atoms with Crippen molar-refractivity contribution in [1.29, 1.82) is 0 Å². The molecule has 0 aromatic heterocycles. The molecule has 2 N–H and O–H groups in total. The highest BCUT2D eigenvalue weighted by atomic mass is 19.2. The summed E-state index contributed by atoms with van der Waals surface area (Å²) in [5, 5.41) is 4.89. The molecule has 7 heteroatoms. The fraction of sp³-hybridized carbons (Fsp3) is 0.167. The number of carbonyl (C=O) groups is 2. The number of carbonyl (C=O) groups excluding carboxylic acids is 2. The fourth-order valence-electron chi connectivity index (χ4n) is 1.55. The molecule has 2 rings (SSSR count). The lowest BCUT2D eigenvalue weighted by Crippen LogP contribution is -2.26. The van der Waals surface area contributed by atoms with Crippen molar-refractivity contribution >= 4 is 23.3 Å². The van der Waals surface area contributed by atoms with Gasteiger partial charge >= 0.3 is 5.97 Å². The predicted octanol–water partition coefficient (Wildman–Crippen LogP) is 1.78. The van der Waals surface area contributed by atoms with Crippen molar-refractivity contribution in [2.24, 2.45) is 0 Å². The lowest BCUT2D eigenvalue weighted by molar-refractivity contribution is -0.137. The fourth-order valence-corrected chi connectivity index (χ4v) is 1.55. The summed E-state index contributed by atoms with van der Waals surface area (Å²) < 4.78 is 30.7. The van der Waals surface area contributed by atoms with Gasteiger partial charge in [0.1, 0.15) is 5.70 Å². The molecule has 1 aliphatic heterocycles. The highest BCUT2D eigenvalue weighted by Crippen LogP contribution is 2.30. The maximum absolute atomic E-state index is 13.1. The minimum absolute atomic E-state index is 0.100. The monoisotopic (exact) mass is 268 g/mol. The SMILES string of the molecule is CCOC(=O)/C=C1\Nc2cc(F)c(F)cc2NC1=O. The van der Waals surface area contributed by atoms with Crippen LogP contribution in [-0.2, 0) is 14.3 Å². The Kier molecular flexibility index (Phi) is 3.46. The molecular weight excluding hydrogens is 258 g/mol. The molecule has 1 heterocycles. The number of ether oxygens (including phenoxy) is 1. The number of hydrogen-bond donors (Lipinski definition) is 2. The molecule has 0 saturated heterocycles. The number of halogens is 2. The first-order valence-corrected chi connectivity index (χ1v) is 5.47. The zero-order chi connectivity index (χ0) is 14.0. The van der Waals surface area contributed by atoms with E-state index in [1.54, 1.807) is 6.92 Å². The molecule has 0 atom stereocenters. The summed E-state index contributed by atoms with van der Waals surface area (Å²) in [6, 6.07) is 1.75. The van der Waals surface area contributed by atoms with E-state index < -0.39 is 23.5 Å². The smallest absolute Gasteiger partial charge is 0.333 e. The third-order valence-corrected chi connectivity index (χ3v) is 2.37. The lowest BCUT2D eigenvalue weighted by atomic mass is 10.2. The van der Waals surface area contributed by atoms with E-state index in [1.807, 2.05) is 0 Å². The van der Waals surface area contributed by atoms with Crippen LogP contribution >= 0.6 is 0 Å². The number of nitrogens with one attached hydrogen (secondary N) is 2. The van der Waals surface area contributed by atoms with Crippen molar-refractivity contribution in [3.8, 4) is 0 Å². The van der Waals surface area contributed by atoms with Crippen molar-refractivity contribution in [2.75, 3.05) is 17.2 Å². The first-order valence-electron chi connectivity index (χ1n) is 5.47. The average molecular weight is 268 g/mol. The first kappa shape index (κ1) is 13.0. The number of anilines is 2. The van der Waals surface area contributed by atoms with Gasteiger partial charge in [-0.05, 0) is 6.92 Å². The summed E-state index contributed by atoms with van der Waals surface area (Å²) in [6.07, 6.45) is 0.947. The van der Waals surface area contributed by atoms with Gasteiger partial charge in [0.2, 0.25) is 0 Å². The van der Waals surface area contributed by atoms with Gasteiger partial charge in [-0.2, -0.15) is 0 Å². The minimum atomic E-state index is -1.07. The van der Waals surface area contributed by atoms with E-state index in [0.29, 0.717) is 0 Å². The van der Waals surface area contributed by atoms with Gasteiger partial charge in [-0.25, -0.2) is 13.6 Å². The van der Waals surface area contributed by atoms with Crippen LogP contribution in [0.4, 0.5) is 20.2 Å². The summed E-state index contributed by atoms with van der Waals surface area (Å²) in [4.78, 5) is 22.9. The topological polar surface area (TPSA) is 67.4 Å². The summed E-state index contributed by atoms with van der Waals surface area (Å²) in [7, 11) is 0. The molecule has 0 fully saturated rings.